The summed E-state index contributed by atoms with van der Waals surface area (Å²) in [5.41, 5.74) is 1.11. The molecule has 1 aliphatic heterocycles. The topological polar surface area (TPSA) is 21.6 Å². The van der Waals surface area contributed by atoms with Gasteiger partial charge in [0.2, 0.25) is 0 Å². The van der Waals surface area contributed by atoms with Crippen molar-refractivity contribution >= 4 is 5.71 Å². The van der Waals surface area contributed by atoms with Crippen molar-refractivity contribution in [2.75, 3.05) is 0 Å². The third-order valence-corrected chi connectivity index (χ3v) is 1.37. The fourth-order valence-corrected chi connectivity index (χ4v) is 0.816. The second-order valence-electron chi connectivity index (χ2n) is 2.15. The van der Waals surface area contributed by atoms with Gasteiger partial charge >= 0.3 is 0 Å². The van der Waals surface area contributed by atoms with Crippen LogP contribution in [-0.2, 0) is 4.74 Å². The molecule has 0 N–H and O–H groups in total. The summed E-state index contributed by atoms with van der Waals surface area (Å²) >= 11 is 0. The van der Waals surface area contributed by atoms with E-state index in [0.717, 1.165) is 5.71 Å². The van der Waals surface area contributed by atoms with E-state index in [1.165, 1.54) is 0 Å². The first-order chi connectivity index (χ1) is 3.70. The fourth-order valence-electron chi connectivity index (χ4n) is 0.816. The third-order valence-electron chi connectivity index (χ3n) is 1.37. The summed E-state index contributed by atoms with van der Waals surface area (Å²) in [7, 11) is 0. The lowest BCUT2D eigenvalue weighted by molar-refractivity contribution is 0.0723. The first-order valence-electron chi connectivity index (χ1n) is 2.90. The molecule has 0 saturated carbocycles. The van der Waals surface area contributed by atoms with E-state index in [9.17, 15) is 0 Å². The number of hydrogen-bond acceptors (Lipinski definition) is 2. The molecule has 0 fully saturated rings. The maximum atomic E-state index is 5.27. The van der Waals surface area contributed by atoms with E-state index in [2.05, 4.69) is 4.99 Å². The summed E-state index contributed by atoms with van der Waals surface area (Å²) in [6.45, 7) is 5.96. The normalized spacial score (nSPS) is 37.6. The summed E-state index contributed by atoms with van der Waals surface area (Å²) in [5.74, 6) is 0. The molecular weight excluding hydrogens is 102 g/mol. The molecule has 0 aromatic carbocycles. The predicted molar refractivity (Wildman–Crippen MR) is 33.1 cm³/mol. The van der Waals surface area contributed by atoms with E-state index in [1.807, 2.05) is 20.8 Å². The van der Waals surface area contributed by atoms with Gasteiger partial charge in [0.25, 0.3) is 0 Å². The molecule has 2 heteroatoms. The first-order valence-corrected chi connectivity index (χ1v) is 2.90. The maximum absolute atomic E-state index is 5.27. The monoisotopic (exact) mass is 113 g/mol. The lowest BCUT2D eigenvalue weighted by Crippen LogP contribution is -2.11. The highest BCUT2D eigenvalue weighted by Crippen LogP contribution is 2.09. The van der Waals surface area contributed by atoms with Gasteiger partial charge < -0.3 is 4.74 Å². The Hall–Kier alpha value is -0.370. The molecule has 2 atom stereocenters. The van der Waals surface area contributed by atoms with Gasteiger partial charge in [0, 0.05) is 5.71 Å². The van der Waals surface area contributed by atoms with Gasteiger partial charge in [-0.15, -0.1) is 0 Å². The van der Waals surface area contributed by atoms with Crippen LogP contribution in [0, 0.1) is 0 Å². The standard InChI is InChI=1S/C6H11NO/c1-4-5(2)8-6(3)7-4/h5-6H,1-3H3/t5-,6-/m1/s1. The van der Waals surface area contributed by atoms with Crippen molar-refractivity contribution in [2.24, 2.45) is 4.99 Å². The molecule has 1 heterocycles. The average Bonchev–Trinajstić information content (AvgIpc) is 1.85. The number of ether oxygens (including phenoxy) is 1. The van der Waals surface area contributed by atoms with E-state index in [1.54, 1.807) is 0 Å². The van der Waals surface area contributed by atoms with Gasteiger partial charge in [0.1, 0.15) is 6.23 Å². The summed E-state index contributed by atoms with van der Waals surface area (Å²) < 4.78 is 5.27. The molecule has 0 radical (unpaired) electrons. The van der Waals surface area contributed by atoms with Crippen molar-refractivity contribution in [2.45, 2.75) is 33.1 Å². The molecule has 0 saturated heterocycles. The Balaban J connectivity index is 2.59. The molecule has 1 aliphatic rings. The van der Waals surface area contributed by atoms with Crippen molar-refractivity contribution in [1.29, 1.82) is 0 Å². The highest BCUT2D eigenvalue weighted by Gasteiger charge is 2.16. The molecule has 0 bridgehead atoms. The minimum Gasteiger partial charge on any atom is -0.348 e. The summed E-state index contributed by atoms with van der Waals surface area (Å²) in [6, 6.07) is 0. The zero-order valence-electron chi connectivity index (χ0n) is 5.51. The van der Waals surface area contributed by atoms with Crippen LogP contribution in [0.15, 0.2) is 4.99 Å². The second kappa shape index (κ2) is 1.86. The largest absolute Gasteiger partial charge is 0.348 e. The van der Waals surface area contributed by atoms with Gasteiger partial charge in [-0.25, -0.2) is 0 Å². The molecule has 8 heavy (non-hydrogen) atoms. The van der Waals surface area contributed by atoms with Crippen LogP contribution in [0.1, 0.15) is 20.8 Å². The van der Waals surface area contributed by atoms with Crippen LogP contribution in [0.4, 0.5) is 0 Å². The molecule has 0 aliphatic carbocycles. The van der Waals surface area contributed by atoms with Crippen LogP contribution < -0.4 is 0 Å². The number of rotatable bonds is 0. The van der Waals surface area contributed by atoms with Gasteiger partial charge in [-0.05, 0) is 20.8 Å². The molecule has 46 valence electrons. The van der Waals surface area contributed by atoms with Crippen molar-refractivity contribution in [3.8, 4) is 0 Å². The SMILES string of the molecule is CC1=N[C@@H](C)O[C@@H]1C. The van der Waals surface area contributed by atoms with Gasteiger partial charge in [0.05, 0.1) is 6.10 Å². The fraction of sp³-hybridized carbons (Fsp3) is 0.833. The van der Waals surface area contributed by atoms with Crippen LogP contribution in [0.2, 0.25) is 0 Å². The van der Waals surface area contributed by atoms with Gasteiger partial charge in [-0.2, -0.15) is 0 Å². The van der Waals surface area contributed by atoms with Gasteiger partial charge in [-0.1, -0.05) is 0 Å². The molecular formula is C6H11NO. The van der Waals surface area contributed by atoms with Gasteiger partial charge in [-0.3, -0.25) is 4.99 Å². The van der Waals surface area contributed by atoms with Crippen molar-refractivity contribution in [3.63, 3.8) is 0 Å². The minimum absolute atomic E-state index is 0.0880. The minimum atomic E-state index is 0.0880. The van der Waals surface area contributed by atoms with Crippen LogP contribution >= 0.6 is 0 Å². The Kier molecular flexibility index (Phi) is 1.34. The van der Waals surface area contributed by atoms with Crippen molar-refractivity contribution in [3.05, 3.63) is 0 Å². The van der Waals surface area contributed by atoms with E-state index in [4.69, 9.17) is 4.74 Å². The molecule has 0 aromatic rings. The highest BCUT2D eigenvalue weighted by atomic mass is 16.5. The average molecular weight is 113 g/mol. The maximum Gasteiger partial charge on any atom is 0.146 e. The smallest absolute Gasteiger partial charge is 0.146 e. The Morgan fingerprint density at radius 3 is 2.25 bits per heavy atom. The Labute approximate surface area is 49.6 Å². The number of aliphatic imine (C=N–C) groups is 1. The number of nitrogens with zero attached hydrogens (tertiary/aromatic N) is 1. The zero-order valence-corrected chi connectivity index (χ0v) is 5.51. The summed E-state index contributed by atoms with van der Waals surface area (Å²) in [5, 5.41) is 0. The predicted octanol–water partition coefficient (Wildman–Crippen LogP) is 1.21. The second-order valence-corrected chi connectivity index (χ2v) is 2.15. The van der Waals surface area contributed by atoms with Crippen LogP contribution in [0.3, 0.4) is 0 Å². The van der Waals surface area contributed by atoms with Crippen molar-refractivity contribution in [1.82, 2.24) is 0 Å². The van der Waals surface area contributed by atoms with Crippen LogP contribution in [0.25, 0.3) is 0 Å². The first kappa shape index (κ1) is 5.76. The molecule has 0 spiro atoms. The third kappa shape index (κ3) is 0.892. The molecule has 2 nitrogen and oxygen atoms in total. The van der Waals surface area contributed by atoms with Crippen molar-refractivity contribution < 1.29 is 4.74 Å². The highest BCUT2D eigenvalue weighted by molar-refractivity contribution is 5.87. The lowest BCUT2D eigenvalue weighted by atomic mass is 10.3. The van der Waals surface area contributed by atoms with E-state index >= 15 is 0 Å². The van der Waals surface area contributed by atoms with E-state index in [-0.39, 0.29) is 12.3 Å². The van der Waals surface area contributed by atoms with Crippen LogP contribution in [0.5, 0.6) is 0 Å². The molecule has 0 aromatic heterocycles. The van der Waals surface area contributed by atoms with E-state index in [0.29, 0.717) is 0 Å². The molecule has 1 rings (SSSR count). The lowest BCUT2D eigenvalue weighted by Gasteiger charge is -2.01. The summed E-state index contributed by atoms with van der Waals surface area (Å²) in [4.78, 5) is 4.16. The summed E-state index contributed by atoms with van der Waals surface area (Å²) in [6.07, 6.45) is 0.329. The number of hydrogen-bond donors (Lipinski definition) is 0. The van der Waals surface area contributed by atoms with Gasteiger partial charge in [0.15, 0.2) is 0 Å². The Morgan fingerprint density at radius 1 is 1.50 bits per heavy atom. The van der Waals surface area contributed by atoms with E-state index < -0.39 is 0 Å². The molecule has 0 unspecified atom stereocenters. The van der Waals surface area contributed by atoms with Crippen LogP contribution in [-0.4, -0.2) is 18.0 Å². The zero-order chi connectivity index (χ0) is 6.15. The quantitative estimate of drug-likeness (QED) is 0.462. The Morgan fingerprint density at radius 2 is 2.12 bits per heavy atom. The molecule has 0 amide bonds. The Bertz CT molecular complexity index is 120.